The molecule has 22 heavy (non-hydrogen) atoms. The molecule has 3 atom stereocenters. The first-order valence-electron chi connectivity index (χ1n) is 8.13. The van der Waals surface area contributed by atoms with Crippen molar-refractivity contribution in [1.82, 2.24) is 9.88 Å². The van der Waals surface area contributed by atoms with Gasteiger partial charge in [-0.1, -0.05) is 6.92 Å². The fourth-order valence-electron chi connectivity index (χ4n) is 3.66. The number of pyridine rings is 1. The minimum atomic E-state index is -0.171. The Bertz CT molecular complexity index is 556. The molecule has 5 heteroatoms. The van der Waals surface area contributed by atoms with E-state index in [4.69, 9.17) is 9.47 Å². The monoisotopic (exact) mass is 302 g/mol. The number of aromatic nitrogens is 1. The maximum absolute atomic E-state index is 12.3. The Balaban J connectivity index is 1.33. The van der Waals surface area contributed by atoms with Gasteiger partial charge in [-0.25, -0.2) is 0 Å². The van der Waals surface area contributed by atoms with E-state index in [0.717, 1.165) is 38.3 Å². The molecule has 1 spiro atoms. The summed E-state index contributed by atoms with van der Waals surface area (Å²) in [5, 5.41) is 0. The first kappa shape index (κ1) is 14.0. The highest BCUT2D eigenvalue weighted by Crippen LogP contribution is 2.45. The highest BCUT2D eigenvalue weighted by molar-refractivity contribution is 5.82. The van der Waals surface area contributed by atoms with Crippen molar-refractivity contribution < 1.29 is 14.3 Å². The van der Waals surface area contributed by atoms with Crippen LogP contribution < -0.4 is 4.74 Å². The van der Waals surface area contributed by atoms with Crippen LogP contribution in [0.2, 0.25) is 0 Å². The lowest BCUT2D eigenvalue weighted by molar-refractivity contribution is -0.168. The van der Waals surface area contributed by atoms with Crippen LogP contribution in [0.5, 0.6) is 5.75 Å². The lowest BCUT2D eigenvalue weighted by Gasteiger charge is -2.50. The zero-order valence-electron chi connectivity index (χ0n) is 12.9. The van der Waals surface area contributed by atoms with Crippen LogP contribution in [0.1, 0.15) is 19.8 Å². The van der Waals surface area contributed by atoms with Gasteiger partial charge in [0.05, 0.1) is 25.9 Å². The first-order valence-corrected chi connectivity index (χ1v) is 8.13. The third kappa shape index (κ3) is 2.37. The molecule has 4 rings (SSSR count). The molecular formula is C17H22N2O3. The molecule has 1 aromatic rings. The quantitative estimate of drug-likeness (QED) is 0.850. The number of nitrogens with zero attached hydrogens (tertiary/aromatic N) is 2. The van der Waals surface area contributed by atoms with Crippen molar-refractivity contribution in [2.45, 2.75) is 25.4 Å². The molecule has 3 unspecified atom stereocenters. The lowest BCUT2D eigenvalue weighted by atomic mass is 9.81. The Morgan fingerprint density at radius 3 is 3.05 bits per heavy atom. The Labute approximate surface area is 130 Å². The third-order valence-corrected chi connectivity index (χ3v) is 5.34. The van der Waals surface area contributed by atoms with Gasteiger partial charge >= 0.3 is 0 Å². The van der Waals surface area contributed by atoms with E-state index in [1.807, 2.05) is 17.0 Å². The Morgan fingerprint density at radius 2 is 2.36 bits per heavy atom. The van der Waals surface area contributed by atoms with Crippen molar-refractivity contribution in [1.29, 1.82) is 0 Å². The lowest BCUT2D eigenvalue weighted by Crippen LogP contribution is -2.67. The van der Waals surface area contributed by atoms with Gasteiger partial charge < -0.3 is 14.4 Å². The second kappa shape index (κ2) is 5.23. The van der Waals surface area contributed by atoms with E-state index in [1.165, 1.54) is 0 Å². The Hall–Kier alpha value is -1.62. The molecule has 5 nitrogen and oxygen atoms in total. The number of likely N-dealkylation sites (tertiary alicyclic amines) is 1. The van der Waals surface area contributed by atoms with Crippen LogP contribution in [0.4, 0.5) is 0 Å². The smallest absolute Gasteiger partial charge is 0.226 e. The normalized spacial score (nSPS) is 31.9. The van der Waals surface area contributed by atoms with Crippen molar-refractivity contribution >= 4 is 5.91 Å². The maximum atomic E-state index is 12.3. The highest BCUT2D eigenvalue weighted by atomic mass is 16.5. The summed E-state index contributed by atoms with van der Waals surface area (Å²) >= 11 is 0. The van der Waals surface area contributed by atoms with Crippen LogP contribution in [0.15, 0.2) is 24.5 Å². The van der Waals surface area contributed by atoms with Gasteiger partial charge in [-0.05, 0) is 30.9 Å². The van der Waals surface area contributed by atoms with Crippen LogP contribution in [-0.2, 0) is 9.53 Å². The van der Waals surface area contributed by atoms with Gasteiger partial charge in [-0.3, -0.25) is 9.78 Å². The summed E-state index contributed by atoms with van der Waals surface area (Å²) in [7, 11) is 0. The molecule has 0 aromatic carbocycles. The Morgan fingerprint density at radius 1 is 1.55 bits per heavy atom. The standard InChI is InChI=1S/C17H22N2O3/c1-12-7-15(12)16(20)19-10-17(11-19)13(4-6-22-17)9-21-14-3-2-5-18-8-14/h2-3,5,8,12-13,15H,4,6-7,9-11H2,1H3. The number of hydrogen-bond donors (Lipinski definition) is 0. The van der Waals surface area contributed by atoms with Crippen LogP contribution in [-0.4, -0.2) is 47.7 Å². The van der Waals surface area contributed by atoms with Crippen molar-refractivity contribution in [3.63, 3.8) is 0 Å². The summed E-state index contributed by atoms with van der Waals surface area (Å²) in [5.41, 5.74) is -0.171. The zero-order chi connectivity index (χ0) is 15.2. The molecule has 0 radical (unpaired) electrons. The molecule has 0 bridgehead atoms. The summed E-state index contributed by atoms with van der Waals surface area (Å²) < 4.78 is 11.8. The number of carbonyl (C=O) groups is 1. The number of rotatable bonds is 4. The molecule has 1 amide bonds. The molecule has 1 saturated carbocycles. The van der Waals surface area contributed by atoms with Gasteiger partial charge in [0.2, 0.25) is 5.91 Å². The predicted octanol–water partition coefficient (Wildman–Crippen LogP) is 1.73. The van der Waals surface area contributed by atoms with Crippen LogP contribution in [0, 0.1) is 17.8 Å². The van der Waals surface area contributed by atoms with E-state index in [2.05, 4.69) is 11.9 Å². The SMILES string of the molecule is CC1CC1C(=O)N1CC2(C1)OCCC2COc1cccnc1. The third-order valence-electron chi connectivity index (χ3n) is 5.34. The molecule has 3 heterocycles. The van der Waals surface area contributed by atoms with E-state index in [9.17, 15) is 4.79 Å². The molecule has 3 aliphatic rings. The van der Waals surface area contributed by atoms with Gasteiger partial charge in [0.1, 0.15) is 11.4 Å². The van der Waals surface area contributed by atoms with E-state index < -0.39 is 0 Å². The van der Waals surface area contributed by atoms with Crippen molar-refractivity contribution in [2.24, 2.45) is 17.8 Å². The average molecular weight is 302 g/mol. The fourth-order valence-corrected chi connectivity index (χ4v) is 3.66. The molecular weight excluding hydrogens is 280 g/mol. The Kier molecular flexibility index (Phi) is 3.33. The number of ether oxygens (including phenoxy) is 2. The van der Waals surface area contributed by atoms with Crippen molar-refractivity contribution in [3.05, 3.63) is 24.5 Å². The van der Waals surface area contributed by atoms with Gasteiger partial charge in [0.15, 0.2) is 0 Å². The molecule has 118 valence electrons. The first-order chi connectivity index (χ1) is 10.7. The van der Waals surface area contributed by atoms with Crippen LogP contribution in [0.3, 0.4) is 0 Å². The fraction of sp³-hybridized carbons (Fsp3) is 0.647. The van der Waals surface area contributed by atoms with Gasteiger partial charge in [-0.15, -0.1) is 0 Å². The predicted molar refractivity (Wildman–Crippen MR) is 80.4 cm³/mol. The summed E-state index contributed by atoms with van der Waals surface area (Å²) in [4.78, 5) is 18.3. The number of hydrogen-bond acceptors (Lipinski definition) is 4. The molecule has 2 aliphatic heterocycles. The van der Waals surface area contributed by atoms with E-state index in [0.29, 0.717) is 24.3 Å². The van der Waals surface area contributed by atoms with E-state index in [-0.39, 0.29) is 11.5 Å². The largest absolute Gasteiger partial charge is 0.492 e. The van der Waals surface area contributed by atoms with Crippen molar-refractivity contribution in [3.8, 4) is 5.75 Å². The van der Waals surface area contributed by atoms with E-state index in [1.54, 1.807) is 12.4 Å². The van der Waals surface area contributed by atoms with Gasteiger partial charge in [-0.2, -0.15) is 0 Å². The summed E-state index contributed by atoms with van der Waals surface area (Å²) in [6.07, 6.45) is 5.52. The molecule has 0 N–H and O–H groups in total. The summed E-state index contributed by atoms with van der Waals surface area (Å²) in [6.45, 7) is 5.01. The average Bonchev–Trinajstić information content (AvgIpc) is 3.08. The zero-order valence-corrected chi connectivity index (χ0v) is 12.9. The molecule has 1 aliphatic carbocycles. The minimum absolute atomic E-state index is 0.171. The molecule has 1 aromatic heterocycles. The summed E-state index contributed by atoms with van der Waals surface area (Å²) in [5.74, 6) is 2.31. The van der Waals surface area contributed by atoms with Gasteiger partial charge in [0, 0.05) is 24.6 Å². The minimum Gasteiger partial charge on any atom is -0.492 e. The topological polar surface area (TPSA) is 51.7 Å². The number of carbonyl (C=O) groups excluding carboxylic acids is 1. The second-order valence-corrected chi connectivity index (χ2v) is 6.91. The second-order valence-electron chi connectivity index (χ2n) is 6.91. The van der Waals surface area contributed by atoms with Gasteiger partial charge in [0.25, 0.3) is 0 Å². The highest BCUT2D eigenvalue weighted by Gasteiger charge is 2.56. The van der Waals surface area contributed by atoms with Crippen LogP contribution >= 0.6 is 0 Å². The van der Waals surface area contributed by atoms with E-state index >= 15 is 0 Å². The molecule has 3 fully saturated rings. The number of amides is 1. The van der Waals surface area contributed by atoms with Crippen molar-refractivity contribution in [2.75, 3.05) is 26.3 Å². The molecule has 2 saturated heterocycles. The van der Waals surface area contributed by atoms with Crippen LogP contribution in [0.25, 0.3) is 0 Å². The summed E-state index contributed by atoms with van der Waals surface area (Å²) in [6, 6.07) is 3.79. The maximum Gasteiger partial charge on any atom is 0.226 e.